The number of carbonyl (C=O) groups excluding carboxylic acids is 3. The zero-order chi connectivity index (χ0) is 30.1. The molecule has 41 heavy (non-hydrogen) atoms. The third-order valence-corrected chi connectivity index (χ3v) is 6.84. The van der Waals surface area contributed by atoms with Crippen LogP contribution in [0.5, 0.6) is 23.0 Å². The minimum absolute atomic E-state index is 0.0824. The number of amides is 3. The summed E-state index contributed by atoms with van der Waals surface area (Å²) < 4.78 is 21.1. The average molecular weight is 573 g/mol. The van der Waals surface area contributed by atoms with Crippen molar-refractivity contribution in [3.05, 3.63) is 46.5 Å². The maximum Gasteiger partial charge on any atom is 0.339 e. The van der Waals surface area contributed by atoms with Gasteiger partial charge in [-0.05, 0) is 37.8 Å². The fraction of sp³-hybridized carbons (Fsp3) is 0.429. The highest BCUT2D eigenvalue weighted by atomic mass is 16.5. The van der Waals surface area contributed by atoms with Crippen LogP contribution in [0.25, 0.3) is 0 Å². The summed E-state index contributed by atoms with van der Waals surface area (Å²) in [6, 6.07) is 5.15. The molecule has 0 saturated heterocycles. The van der Waals surface area contributed by atoms with E-state index in [0.29, 0.717) is 25.7 Å². The lowest BCUT2D eigenvalue weighted by Crippen LogP contribution is -2.44. The van der Waals surface area contributed by atoms with Crippen molar-refractivity contribution in [3.8, 4) is 23.0 Å². The van der Waals surface area contributed by atoms with E-state index in [9.17, 15) is 24.3 Å². The number of carbonyl (C=O) groups is 4. The minimum atomic E-state index is -1.23. The van der Waals surface area contributed by atoms with Gasteiger partial charge in [-0.25, -0.2) is 4.79 Å². The zero-order valence-corrected chi connectivity index (χ0v) is 23.5. The molecule has 2 aromatic rings. The molecule has 0 aromatic heterocycles. The van der Waals surface area contributed by atoms with E-state index in [4.69, 9.17) is 24.7 Å². The quantitative estimate of drug-likeness (QED) is 0.250. The van der Waals surface area contributed by atoms with Gasteiger partial charge in [0.15, 0.2) is 0 Å². The summed E-state index contributed by atoms with van der Waals surface area (Å²) in [5.74, 6) is -1.75. The Morgan fingerprint density at radius 3 is 1.41 bits per heavy atom. The van der Waals surface area contributed by atoms with Gasteiger partial charge in [0.05, 0.1) is 45.1 Å². The van der Waals surface area contributed by atoms with Gasteiger partial charge >= 0.3 is 5.97 Å². The topological polar surface area (TPSA) is 188 Å². The largest absolute Gasteiger partial charge is 0.496 e. The van der Waals surface area contributed by atoms with Gasteiger partial charge in [0.25, 0.3) is 17.7 Å². The summed E-state index contributed by atoms with van der Waals surface area (Å²) in [7, 11) is 5.56. The fourth-order valence-electron chi connectivity index (χ4n) is 4.69. The number of carboxylic acid groups (broad SMARTS) is 1. The predicted molar refractivity (Wildman–Crippen MR) is 148 cm³/mol. The Kier molecular flexibility index (Phi) is 10.8. The third-order valence-electron chi connectivity index (χ3n) is 6.84. The second-order valence-electron chi connectivity index (χ2n) is 9.35. The van der Waals surface area contributed by atoms with E-state index in [1.807, 2.05) is 0 Å². The second kappa shape index (κ2) is 14.2. The molecule has 2 aromatic carbocycles. The number of rotatable bonds is 12. The molecule has 0 radical (unpaired) electrons. The molecule has 6 N–H and O–H groups in total. The Morgan fingerprint density at radius 2 is 1.05 bits per heavy atom. The van der Waals surface area contributed by atoms with Crippen LogP contribution in [-0.2, 0) is 0 Å². The fourth-order valence-corrected chi connectivity index (χ4v) is 4.69. The molecule has 3 rings (SSSR count). The summed E-state index contributed by atoms with van der Waals surface area (Å²) in [5, 5.41) is 18.1. The Hall–Kier alpha value is -4.52. The van der Waals surface area contributed by atoms with Crippen LogP contribution >= 0.6 is 0 Å². The van der Waals surface area contributed by atoms with Crippen LogP contribution in [0.1, 0.15) is 67.1 Å². The van der Waals surface area contributed by atoms with Gasteiger partial charge in [0.1, 0.15) is 28.6 Å². The third kappa shape index (κ3) is 7.37. The molecule has 0 bridgehead atoms. The van der Waals surface area contributed by atoms with Crippen LogP contribution in [0, 0.1) is 0 Å². The molecule has 0 atom stereocenters. The molecular weight excluding hydrogens is 536 g/mol. The van der Waals surface area contributed by atoms with Crippen molar-refractivity contribution in [2.45, 2.75) is 37.8 Å². The first-order chi connectivity index (χ1) is 19.7. The molecule has 0 spiro atoms. The van der Waals surface area contributed by atoms with E-state index in [1.165, 1.54) is 52.7 Å². The SMILES string of the molecule is COc1cc(OC)c(C(=O)NC2CCC(NC(=O)c3cc(C(=O)NCCN)c(OC)cc3OC)CC2)cc1C(=O)O. The first kappa shape index (κ1) is 31.0. The van der Waals surface area contributed by atoms with Crippen LogP contribution in [0.15, 0.2) is 24.3 Å². The molecule has 0 aliphatic heterocycles. The van der Waals surface area contributed by atoms with Crippen molar-refractivity contribution in [1.29, 1.82) is 0 Å². The van der Waals surface area contributed by atoms with Crippen molar-refractivity contribution < 1.29 is 43.2 Å². The summed E-state index contributed by atoms with van der Waals surface area (Å²) in [6.07, 6.45) is 2.32. The van der Waals surface area contributed by atoms with Gasteiger partial charge in [-0.3, -0.25) is 14.4 Å². The summed E-state index contributed by atoms with van der Waals surface area (Å²) in [4.78, 5) is 50.5. The first-order valence-electron chi connectivity index (χ1n) is 13.0. The van der Waals surface area contributed by atoms with Gasteiger partial charge in [-0.15, -0.1) is 0 Å². The molecule has 1 aliphatic carbocycles. The average Bonchev–Trinajstić information content (AvgIpc) is 2.98. The molecule has 13 heteroatoms. The lowest BCUT2D eigenvalue weighted by molar-refractivity contribution is 0.0692. The van der Waals surface area contributed by atoms with E-state index >= 15 is 0 Å². The molecule has 13 nitrogen and oxygen atoms in total. The number of hydrogen-bond acceptors (Lipinski definition) is 9. The Balaban J connectivity index is 1.67. The van der Waals surface area contributed by atoms with E-state index in [0.717, 1.165) is 0 Å². The lowest BCUT2D eigenvalue weighted by Gasteiger charge is -2.30. The van der Waals surface area contributed by atoms with Crippen molar-refractivity contribution >= 4 is 23.7 Å². The summed E-state index contributed by atoms with van der Waals surface area (Å²) in [6.45, 7) is 0.527. The lowest BCUT2D eigenvalue weighted by atomic mass is 9.90. The zero-order valence-electron chi connectivity index (χ0n) is 23.5. The molecule has 1 saturated carbocycles. The molecular formula is C28H36N4O9. The number of hydrogen-bond donors (Lipinski definition) is 5. The van der Waals surface area contributed by atoms with Crippen LogP contribution in [-0.4, -0.2) is 82.4 Å². The maximum absolute atomic E-state index is 13.2. The summed E-state index contributed by atoms with van der Waals surface area (Å²) in [5.41, 5.74) is 5.77. The van der Waals surface area contributed by atoms with E-state index in [-0.39, 0.29) is 70.4 Å². The normalized spacial score (nSPS) is 16.2. The van der Waals surface area contributed by atoms with Crippen molar-refractivity contribution in [2.24, 2.45) is 5.73 Å². The number of benzene rings is 2. The predicted octanol–water partition coefficient (Wildman–Crippen LogP) is 1.58. The highest BCUT2D eigenvalue weighted by Crippen LogP contribution is 2.31. The van der Waals surface area contributed by atoms with Gasteiger partial charge < -0.3 is 45.7 Å². The van der Waals surface area contributed by atoms with Crippen molar-refractivity contribution in [2.75, 3.05) is 41.5 Å². The van der Waals surface area contributed by atoms with Crippen molar-refractivity contribution in [1.82, 2.24) is 16.0 Å². The second-order valence-corrected chi connectivity index (χ2v) is 9.35. The van der Waals surface area contributed by atoms with Gasteiger partial charge in [0.2, 0.25) is 0 Å². The van der Waals surface area contributed by atoms with Gasteiger partial charge in [-0.2, -0.15) is 0 Å². The first-order valence-corrected chi connectivity index (χ1v) is 13.0. The highest BCUT2D eigenvalue weighted by Gasteiger charge is 2.28. The Bertz CT molecular complexity index is 1290. The number of carboxylic acids is 1. The molecule has 0 heterocycles. The van der Waals surface area contributed by atoms with Crippen LogP contribution in [0.4, 0.5) is 0 Å². The number of nitrogens with one attached hydrogen (secondary N) is 3. The van der Waals surface area contributed by atoms with E-state index in [2.05, 4.69) is 16.0 Å². The Morgan fingerprint density at radius 1 is 0.683 bits per heavy atom. The number of methoxy groups -OCH3 is 4. The number of aromatic carboxylic acids is 1. The van der Waals surface area contributed by atoms with Gasteiger partial charge in [-0.1, -0.05) is 0 Å². The van der Waals surface area contributed by atoms with Crippen molar-refractivity contribution in [3.63, 3.8) is 0 Å². The standard InChI is InChI=1S/C28H36N4O9/c1-38-21-13-22(39-2)18(11-17(21)25(33)30-10-9-29)26(34)31-15-5-7-16(8-6-15)32-27(35)19-12-20(28(36)37)24(41-4)14-23(19)40-3/h11-16H,5-10,29H2,1-4H3,(H,30,33)(H,31,34)(H,32,35)(H,36,37). The maximum atomic E-state index is 13.2. The molecule has 1 fully saturated rings. The van der Waals surface area contributed by atoms with E-state index < -0.39 is 23.7 Å². The summed E-state index contributed by atoms with van der Waals surface area (Å²) >= 11 is 0. The van der Waals surface area contributed by atoms with Crippen LogP contribution < -0.4 is 40.6 Å². The molecule has 0 unspecified atom stereocenters. The molecule has 1 aliphatic rings. The highest BCUT2D eigenvalue weighted by molar-refractivity contribution is 6.03. The number of ether oxygens (including phenoxy) is 4. The van der Waals surface area contributed by atoms with Gasteiger partial charge in [0, 0.05) is 37.3 Å². The number of nitrogens with two attached hydrogens (primary N) is 1. The minimum Gasteiger partial charge on any atom is -0.496 e. The van der Waals surface area contributed by atoms with E-state index in [1.54, 1.807) is 0 Å². The van der Waals surface area contributed by atoms with Crippen LogP contribution in [0.2, 0.25) is 0 Å². The monoisotopic (exact) mass is 572 g/mol. The molecule has 3 amide bonds. The molecule has 222 valence electrons. The smallest absolute Gasteiger partial charge is 0.339 e. The van der Waals surface area contributed by atoms with Crippen LogP contribution in [0.3, 0.4) is 0 Å². The Labute approximate surface area is 237 Å².